The van der Waals surface area contributed by atoms with Crippen LogP contribution in [0.1, 0.15) is 55.1 Å². The lowest BCUT2D eigenvalue weighted by Gasteiger charge is -2.19. The highest BCUT2D eigenvalue weighted by Gasteiger charge is 2.30. The highest BCUT2D eigenvalue weighted by atomic mass is 16.6. The lowest BCUT2D eigenvalue weighted by molar-refractivity contribution is -0.385. The minimum Gasteiger partial charge on any atom is -0.463 e. The van der Waals surface area contributed by atoms with Crippen LogP contribution in [-0.2, 0) is 14.3 Å². The van der Waals surface area contributed by atoms with Crippen LogP contribution in [0.3, 0.4) is 0 Å². The topological polar surface area (TPSA) is 128 Å². The third-order valence-electron chi connectivity index (χ3n) is 4.91. The van der Waals surface area contributed by atoms with Crippen LogP contribution in [0.4, 0.5) is 11.4 Å². The van der Waals surface area contributed by atoms with Crippen LogP contribution in [0.2, 0.25) is 0 Å². The molecule has 1 fully saturated rings. The number of ether oxygens (including phenoxy) is 1. The third kappa shape index (κ3) is 6.13. The number of esters is 1. The number of hydrogen-bond donors (Lipinski definition) is 2. The van der Waals surface area contributed by atoms with Crippen molar-refractivity contribution in [3.05, 3.63) is 69.8 Å². The number of anilines is 1. The van der Waals surface area contributed by atoms with E-state index in [0.29, 0.717) is 5.69 Å². The molecule has 168 valence electrons. The molecule has 0 radical (unpaired) electrons. The highest BCUT2D eigenvalue weighted by molar-refractivity contribution is 5.97. The van der Waals surface area contributed by atoms with Gasteiger partial charge in [-0.15, -0.1) is 0 Å². The number of carbonyl (C=O) groups excluding carboxylic acids is 3. The van der Waals surface area contributed by atoms with Crippen molar-refractivity contribution in [1.29, 1.82) is 0 Å². The summed E-state index contributed by atoms with van der Waals surface area (Å²) < 4.78 is 5.17. The van der Waals surface area contributed by atoms with Crippen molar-refractivity contribution in [2.75, 3.05) is 5.32 Å². The van der Waals surface area contributed by atoms with Gasteiger partial charge in [0.15, 0.2) is 0 Å². The van der Waals surface area contributed by atoms with Gasteiger partial charge in [-0.2, -0.15) is 0 Å². The Balaban J connectivity index is 1.77. The van der Waals surface area contributed by atoms with Crippen LogP contribution in [0.25, 0.3) is 0 Å². The lowest BCUT2D eigenvalue weighted by atomic mass is 10.0. The Morgan fingerprint density at radius 1 is 1.09 bits per heavy atom. The molecule has 0 bridgehead atoms. The summed E-state index contributed by atoms with van der Waals surface area (Å²) in [6, 6.07) is 11.3. The molecule has 0 spiro atoms. The standard InChI is InChI=1S/C23H25N3O6/c1-14(2)32-21(27)13-19(18-5-3-4-6-20(18)26(30)31)25-23(29)16-9-11-17(12-10-16)24-22(28)15-7-8-15/h3-6,9-12,14-15,19H,7-8,13H2,1-2H3,(H,24,28)(H,25,29). The maximum Gasteiger partial charge on any atom is 0.308 e. The molecule has 32 heavy (non-hydrogen) atoms. The van der Waals surface area contributed by atoms with Gasteiger partial charge in [0.05, 0.1) is 29.1 Å². The molecule has 1 aliphatic carbocycles. The van der Waals surface area contributed by atoms with E-state index in [2.05, 4.69) is 10.6 Å². The number of rotatable bonds is 9. The Kier molecular flexibility index (Phi) is 7.19. The zero-order chi connectivity index (χ0) is 23.3. The van der Waals surface area contributed by atoms with Crippen molar-refractivity contribution in [2.24, 2.45) is 5.92 Å². The van der Waals surface area contributed by atoms with E-state index in [1.54, 1.807) is 44.2 Å². The molecule has 3 rings (SSSR count). The summed E-state index contributed by atoms with van der Waals surface area (Å²) in [5.74, 6) is -1.07. The molecule has 2 aromatic carbocycles. The normalized spacial score (nSPS) is 13.8. The summed E-state index contributed by atoms with van der Waals surface area (Å²) in [7, 11) is 0. The Morgan fingerprint density at radius 3 is 2.34 bits per heavy atom. The zero-order valence-electron chi connectivity index (χ0n) is 17.9. The van der Waals surface area contributed by atoms with E-state index in [4.69, 9.17) is 4.74 Å². The minimum atomic E-state index is -0.954. The van der Waals surface area contributed by atoms with Gasteiger partial charge in [-0.3, -0.25) is 24.5 Å². The van der Waals surface area contributed by atoms with Gasteiger partial charge < -0.3 is 15.4 Å². The van der Waals surface area contributed by atoms with E-state index in [-0.39, 0.29) is 41.2 Å². The van der Waals surface area contributed by atoms with E-state index in [1.165, 1.54) is 18.2 Å². The van der Waals surface area contributed by atoms with Crippen molar-refractivity contribution >= 4 is 29.2 Å². The van der Waals surface area contributed by atoms with Crippen LogP contribution >= 0.6 is 0 Å². The van der Waals surface area contributed by atoms with Gasteiger partial charge in [0.25, 0.3) is 11.6 Å². The number of para-hydroxylation sites is 1. The van der Waals surface area contributed by atoms with Gasteiger partial charge in [0.2, 0.25) is 5.91 Å². The predicted molar refractivity (Wildman–Crippen MR) is 117 cm³/mol. The first-order valence-corrected chi connectivity index (χ1v) is 10.4. The van der Waals surface area contributed by atoms with Gasteiger partial charge in [-0.05, 0) is 51.0 Å². The molecule has 2 N–H and O–H groups in total. The largest absolute Gasteiger partial charge is 0.463 e. The molecule has 2 aromatic rings. The molecule has 1 atom stereocenters. The first-order valence-electron chi connectivity index (χ1n) is 10.4. The molecular formula is C23H25N3O6. The van der Waals surface area contributed by atoms with Gasteiger partial charge in [-0.1, -0.05) is 18.2 Å². The van der Waals surface area contributed by atoms with Crippen LogP contribution in [0, 0.1) is 16.0 Å². The van der Waals surface area contributed by atoms with Crippen molar-refractivity contribution in [2.45, 2.75) is 45.3 Å². The molecule has 1 aliphatic rings. The summed E-state index contributed by atoms with van der Waals surface area (Å²) >= 11 is 0. The second-order valence-corrected chi connectivity index (χ2v) is 7.93. The average Bonchev–Trinajstić information content (AvgIpc) is 3.58. The molecule has 1 unspecified atom stereocenters. The molecule has 0 heterocycles. The number of benzene rings is 2. The number of carbonyl (C=O) groups is 3. The molecule has 1 saturated carbocycles. The second-order valence-electron chi connectivity index (χ2n) is 7.93. The zero-order valence-corrected chi connectivity index (χ0v) is 17.9. The summed E-state index contributed by atoms with van der Waals surface area (Å²) in [6.45, 7) is 3.39. The summed E-state index contributed by atoms with van der Waals surface area (Å²) in [4.78, 5) is 47.9. The van der Waals surface area contributed by atoms with Crippen LogP contribution in [0.5, 0.6) is 0 Å². The van der Waals surface area contributed by atoms with Gasteiger partial charge in [-0.25, -0.2) is 0 Å². The Labute approximate surface area is 185 Å². The molecule has 9 nitrogen and oxygen atoms in total. The number of hydrogen-bond acceptors (Lipinski definition) is 6. The molecular weight excluding hydrogens is 414 g/mol. The van der Waals surface area contributed by atoms with Crippen molar-refractivity contribution in [3.8, 4) is 0 Å². The first-order chi connectivity index (χ1) is 15.2. The maximum atomic E-state index is 12.8. The highest BCUT2D eigenvalue weighted by Crippen LogP contribution is 2.30. The lowest BCUT2D eigenvalue weighted by Crippen LogP contribution is -2.31. The molecule has 9 heteroatoms. The molecule has 2 amide bonds. The summed E-state index contributed by atoms with van der Waals surface area (Å²) in [6.07, 6.45) is 1.16. The fourth-order valence-electron chi connectivity index (χ4n) is 3.20. The van der Waals surface area contributed by atoms with E-state index >= 15 is 0 Å². The monoisotopic (exact) mass is 439 g/mol. The van der Waals surface area contributed by atoms with Gasteiger partial charge in [0.1, 0.15) is 0 Å². The molecule has 0 aromatic heterocycles. The van der Waals surface area contributed by atoms with Crippen LogP contribution in [-0.4, -0.2) is 28.8 Å². The number of nitrogens with one attached hydrogen (secondary N) is 2. The maximum absolute atomic E-state index is 12.8. The first kappa shape index (κ1) is 22.9. The third-order valence-corrected chi connectivity index (χ3v) is 4.91. The Hall–Kier alpha value is -3.75. The quantitative estimate of drug-likeness (QED) is 0.348. The second kappa shape index (κ2) is 10.0. The average molecular weight is 439 g/mol. The van der Waals surface area contributed by atoms with Gasteiger partial charge in [0, 0.05) is 23.2 Å². The molecule has 0 aliphatic heterocycles. The Morgan fingerprint density at radius 2 is 1.75 bits per heavy atom. The molecule has 0 saturated heterocycles. The Bertz CT molecular complexity index is 1010. The summed E-state index contributed by atoms with van der Waals surface area (Å²) in [5.41, 5.74) is 0.873. The minimum absolute atomic E-state index is 0.0395. The van der Waals surface area contributed by atoms with Crippen molar-refractivity contribution in [1.82, 2.24) is 5.32 Å². The number of nitrogens with zero attached hydrogens (tertiary/aromatic N) is 1. The van der Waals surface area contributed by atoms with Crippen LogP contribution < -0.4 is 10.6 Å². The number of amides is 2. The summed E-state index contributed by atoms with van der Waals surface area (Å²) in [5, 5.41) is 17.0. The fourth-order valence-corrected chi connectivity index (χ4v) is 3.20. The fraction of sp³-hybridized carbons (Fsp3) is 0.348. The van der Waals surface area contributed by atoms with E-state index in [9.17, 15) is 24.5 Å². The SMILES string of the molecule is CC(C)OC(=O)CC(NC(=O)c1ccc(NC(=O)C2CC2)cc1)c1ccccc1[N+](=O)[O-]. The van der Waals surface area contributed by atoms with Crippen LogP contribution in [0.15, 0.2) is 48.5 Å². The van der Waals surface area contributed by atoms with Crippen molar-refractivity contribution < 1.29 is 24.0 Å². The van der Waals surface area contributed by atoms with E-state index < -0.39 is 22.8 Å². The van der Waals surface area contributed by atoms with E-state index in [1.807, 2.05) is 0 Å². The van der Waals surface area contributed by atoms with Crippen molar-refractivity contribution in [3.63, 3.8) is 0 Å². The van der Waals surface area contributed by atoms with Gasteiger partial charge >= 0.3 is 5.97 Å². The van der Waals surface area contributed by atoms with E-state index in [0.717, 1.165) is 12.8 Å². The number of nitro benzene ring substituents is 1. The number of nitro groups is 1. The predicted octanol–water partition coefficient (Wildman–Crippen LogP) is 3.76. The smallest absolute Gasteiger partial charge is 0.308 e.